The van der Waals surface area contributed by atoms with E-state index in [-0.39, 0.29) is 12.5 Å². The van der Waals surface area contributed by atoms with Crippen molar-refractivity contribution in [3.8, 4) is 21.8 Å². The zero-order valence-corrected chi connectivity index (χ0v) is 33.7. The van der Waals surface area contributed by atoms with Crippen molar-refractivity contribution >= 4 is 56.9 Å². The number of esters is 2. The monoisotopic (exact) mass is 740 g/mol. The number of amides is 1. The quantitative estimate of drug-likeness (QED) is 0.105. The maximum absolute atomic E-state index is 13.8. The van der Waals surface area contributed by atoms with Crippen LogP contribution in [-0.2, 0) is 25.5 Å². The SMILES string of the molecule is CCCC(CCC)c1c(-c2cc3ccc(-c4sc(C)nc4C)nc3cc2NC(=O)OC(C)(C)C)n(CC(=O)OC(C)(C)C)c2cc(C(=O)OC)ccc12. The summed E-state index contributed by atoms with van der Waals surface area (Å²) >= 11 is 1.59. The lowest BCUT2D eigenvalue weighted by Gasteiger charge is -2.24. The average Bonchev–Trinajstić information content (AvgIpc) is 3.56. The zero-order chi connectivity index (χ0) is 38.8. The summed E-state index contributed by atoms with van der Waals surface area (Å²) in [5, 5.41) is 5.76. The molecule has 5 rings (SSSR count). The number of pyridine rings is 1. The number of carbonyl (C=O) groups is 3. The Balaban J connectivity index is 1.89. The van der Waals surface area contributed by atoms with Crippen molar-refractivity contribution in [3.63, 3.8) is 0 Å². The zero-order valence-electron chi connectivity index (χ0n) is 32.9. The van der Waals surface area contributed by atoms with Gasteiger partial charge in [0.1, 0.15) is 17.7 Å². The summed E-state index contributed by atoms with van der Waals surface area (Å²) < 4.78 is 18.7. The van der Waals surface area contributed by atoms with Gasteiger partial charge < -0.3 is 18.8 Å². The van der Waals surface area contributed by atoms with E-state index in [0.29, 0.717) is 27.8 Å². The molecule has 0 radical (unpaired) electrons. The molecular formula is C42H52N4O6S. The molecule has 0 saturated carbocycles. The van der Waals surface area contributed by atoms with E-state index in [1.807, 2.05) is 90.3 Å². The maximum atomic E-state index is 13.8. The number of methoxy groups -OCH3 is 1. The van der Waals surface area contributed by atoms with E-state index in [0.717, 1.165) is 69.0 Å². The first-order chi connectivity index (χ1) is 24.9. The van der Waals surface area contributed by atoms with Crippen LogP contribution in [0.5, 0.6) is 0 Å². The number of anilines is 1. The Morgan fingerprint density at radius 1 is 0.887 bits per heavy atom. The Morgan fingerprint density at radius 3 is 2.15 bits per heavy atom. The van der Waals surface area contributed by atoms with Crippen molar-refractivity contribution in [1.29, 1.82) is 0 Å². The van der Waals surface area contributed by atoms with E-state index in [1.165, 1.54) is 7.11 Å². The second-order valence-electron chi connectivity index (χ2n) is 15.5. The fraction of sp³-hybridized carbons (Fsp3) is 0.452. The van der Waals surface area contributed by atoms with Gasteiger partial charge in [0.25, 0.3) is 0 Å². The van der Waals surface area contributed by atoms with Gasteiger partial charge in [-0.05, 0) is 110 Å². The number of nitrogens with one attached hydrogen (secondary N) is 1. The average molecular weight is 741 g/mol. The van der Waals surface area contributed by atoms with Crippen LogP contribution in [0.4, 0.5) is 10.5 Å². The maximum Gasteiger partial charge on any atom is 0.412 e. The largest absolute Gasteiger partial charge is 0.465 e. The Labute approximate surface area is 316 Å². The van der Waals surface area contributed by atoms with Crippen LogP contribution in [0.2, 0.25) is 0 Å². The Hall–Kier alpha value is -4.77. The predicted octanol–water partition coefficient (Wildman–Crippen LogP) is 10.8. The van der Waals surface area contributed by atoms with Gasteiger partial charge in [-0.25, -0.2) is 19.6 Å². The molecule has 3 heterocycles. The number of ether oxygens (including phenoxy) is 3. The van der Waals surface area contributed by atoms with Gasteiger partial charge in [-0.2, -0.15) is 0 Å². The molecule has 10 nitrogen and oxygen atoms in total. The minimum Gasteiger partial charge on any atom is -0.465 e. The number of hydrogen-bond donors (Lipinski definition) is 1. The van der Waals surface area contributed by atoms with Gasteiger partial charge in [0.05, 0.1) is 56.4 Å². The van der Waals surface area contributed by atoms with Crippen LogP contribution in [0.15, 0.2) is 42.5 Å². The number of hydrogen-bond acceptors (Lipinski definition) is 9. The number of aryl methyl sites for hydroxylation is 2. The van der Waals surface area contributed by atoms with Gasteiger partial charge in [0.15, 0.2) is 0 Å². The van der Waals surface area contributed by atoms with E-state index in [4.69, 9.17) is 19.2 Å². The van der Waals surface area contributed by atoms with E-state index >= 15 is 0 Å². The van der Waals surface area contributed by atoms with Crippen LogP contribution in [0.3, 0.4) is 0 Å². The third kappa shape index (κ3) is 9.07. The van der Waals surface area contributed by atoms with Gasteiger partial charge in [-0.15, -0.1) is 11.3 Å². The first-order valence-electron chi connectivity index (χ1n) is 18.3. The number of nitrogens with zero attached hydrogens (tertiary/aromatic N) is 3. The predicted molar refractivity (Wildman–Crippen MR) is 213 cm³/mol. The van der Waals surface area contributed by atoms with Crippen LogP contribution < -0.4 is 5.32 Å². The molecule has 0 aliphatic rings. The molecule has 0 unspecified atom stereocenters. The lowest BCUT2D eigenvalue weighted by atomic mass is 9.86. The first-order valence-corrected chi connectivity index (χ1v) is 19.1. The van der Waals surface area contributed by atoms with E-state index < -0.39 is 29.2 Å². The topological polar surface area (TPSA) is 122 Å². The molecule has 0 bridgehead atoms. The van der Waals surface area contributed by atoms with Crippen molar-refractivity contribution in [1.82, 2.24) is 14.5 Å². The molecule has 0 aliphatic carbocycles. The molecule has 3 aromatic heterocycles. The Bertz CT molecular complexity index is 2160. The molecule has 0 atom stereocenters. The second kappa shape index (κ2) is 15.7. The van der Waals surface area contributed by atoms with Gasteiger partial charge in [0.2, 0.25) is 0 Å². The van der Waals surface area contributed by atoms with Crippen LogP contribution in [0, 0.1) is 13.8 Å². The van der Waals surface area contributed by atoms with E-state index in [2.05, 4.69) is 24.1 Å². The van der Waals surface area contributed by atoms with E-state index in [9.17, 15) is 14.4 Å². The minimum atomic E-state index is -0.748. The third-order valence-electron chi connectivity index (χ3n) is 8.77. The fourth-order valence-corrected chi connectivity index (χ4v) is 7.79. The summed E-state index contributed by atoms with van der Waals surface area (Å²) in [6.45, 7) is 19.1. The highest BCUT2D eigenvalue weighted by molar-refractivity contribution is 7.15. The smallest absolute Gasteiger partial charge is 0.412 e. The normalized spacial score (nSPS) is 12.1. The standard InChI is InChI=1S/C42H52N4O6S/c1-12-14-26(15-13-2)36-29-18-16-28(39(48)50-11)21-34(29)46(23-35(47)51-41(5,6)7)37(36)30-20-27-17-19-31(38-24(3)43-25(4)53-38)44-32(27)22-33(30)45-40(49)52-42(8,9)10/h16-22,26H,12-15,23H2,1-11H3,(H,45,49). The molecule has 282 valence electrons. The fourth-order valence-electron chi connectivity index (χ4n) is 6.90. The Kier molecular flexibility index (Phi) is 11.7. The minimum absolute atomic E-state index is 0.106. The Morgan fingerprint density at radius 2 is 1.57 bits per heavy atom. The number of aromatic nitrogens is 3. The van der Waals surface area contributed by atoms with Gasteiger partial charge in [-0.3, -0.25) is 10.1 Å². The lowest BCUT2D eigenvalue weighted by molar-refractivity contribution is -0.155. The first kappa shape index (κ1) is 39.4. The molecule has 0 fully saturated rings. The molecule has 2 aromatic carbocycles. The van der Waals surface area contributed by atoms with Crippen molar-refractivity contribution in [2.75, 3.05) is 12.4 Å². The van der Waals surface area contributed by atoms with Crippen molar-refractivity contribution in [2.24, 2.45) is 0 Å². The number of rotatable bonds is 11. The summed E-state index contributed by atoms with van der Waals surface area (Å²) in [4.78, 5) is 50.8. The molecule has 1 N–H and O–H groups in total. The molecule has 0 aliphatic heterocycles. The molecule has 1 amide bonds. The number of thiazole rings is 1. The molecule has 0 saturated heterocycles. The number of benzene rings is 2. The summed E-state index contributed by atoms with van der Waals surface area (Å²) in [6.07, 6.45) is 3.05. The van der Waals surface area contributed by atoms with Crippen molar-refractivity contribution < 1.29 is 28.6 Å². The summed E-state index contributed by atoms with van der Waals surface area (Å²) in [6, 6.07) is 13.4. The molecule has 0 spiro atoms. The van der Waals surface area contributed by atoms with Gasteiger partial charge in [0, 0.05) is 16.3 Å². The van der Waals surface area contributed by atoms with E-state index in [1.54, 1.807) is 23.5 Å². The lowest BCUT2D eigenvalue weighted by Crippen LogP contribution is -2.28. The highest BCUT2D eigenvalue weighted by atomic mass is 32.1. The molecule has 11 heteroatoms. The summed E-state index contributed by atoms with van der Waals surface area (Å²) in [5.74, 6) is -0.809. The molecule has 53 heavy (non-hydrogen) atoms. The third-order valence-corrected chi connectivity index (χ3v) is 9.87. The van der Waals surface area contributed by atoms with Gasteiger partial charge in [-0.1, -0.05) is 38.8 Å². The van der Waals surface area contributed by atoms with Crippen molar-refractivity contribution in [2.45, 2.75) is 119 Å². The molecule has 5 aromatic rings. The van der Waals surface area contributed by atoms with Crippen molar-refractivity contribution in [3.05, 3.63) is 64.3 Å². The highest BCUT2D eigenvalue weighted by Gasteiger charge is 2.30. The van der Waals surface area contributed by atoms with Crippen LogP contribution in [-0.4, -0.2) is 50.9 Å². The van der Waals surface area contributed by atoms with Crippen LogP contribution >= 0.6 is 11.3 Å². The molecular weight excluding hydrogens is 689 g/mol. The summed E-state index contributed by atoms with van der Waals surface area (Å²) in [5.41, 5.74) is 4.90. The summed E-state index contributed by atoms with van der Waals surface area (Å²) in [7, 11) is 1.35. The number of carbonyl (C=O) groups excluding carboxylic acids is 3. The van der Waals surface area contributed by atoms with Crippen LogP contribution in [0.25, 0.3) is 43.6 Å². The van der Waals surface area contributed by atoms with Crippen LogP contribution in [0.1, 0.15) is 114 Å². The number of fused-ring (bicyclic) bond motifs is 2. The second-order valence-corrected chi connectivity index (χ2v) is 16.7. The van der Waals surface area contributed by atoms with Gasteiger partial charge >= 0.3 is 18.0 Å². The highest BCUT2D eigenvalue weighted by Crippen LogP contribution is 2.46.